The van der Waals surface area contributed by atoms with E-state index in [2.05, 4.69) is 24.7 Å². The number of hydrogen-bond acceptors (Lipinski definition) is 6. The fourth-order valence-corrected chi connectivity index (χ4v) is 3.31. The summed E-state index contributed by atoms with van der Waals surface area (Å²) < 4.78 is 31.0. The predicted molar refractivity (Wildman–Crippen MR) is 60.8 cm³/mol. The van der Waals surface area contributed by atoms with E-state index in [1.54, 1.807) is 0 Å². The molecule has 1 saturated heterocycles. The van der Waals surface area contributed by atoms with Crippen LogP contribution in [0.3, 0.4) is 0 Å². The summed E-state index contributed by atoms with van der Waals surface area (Å²) in [6, 6.07) is 0. The lowest BCUT2D eigenvalue weighted by atomic mass is 10.2. The molecule has 2 rings (SSSR count). The number of nitrogens with zero attached hydrogens (tertiary/aromatic N) is 2. The van der Waals surface area contributed by atoms with Gasteiger partial charge in [-0.25, -0.2) is 13.1 Å². The molecule has 0 saturated carbocycles. The van der Waals surface area contributed by atoms with E-state index >= 15 is 0 Å². The molecule has 2 N–H and O–H groups in total. The smallest absolute Gasteiger partial charge is 0.214 e. The van der Waals surface area contributed by atoms with Crippen molar-refractivity contribution in [1.82, 2.24) is 20.2 Å². The van der Waals surface area contributed by atoms with Crippen molar-refractivity contribution in [2.75, 3.05) is 19.6 Å². The molecule has 7 nitrogen and oxygen atoms in total. The molecule has 1 fully saturated rings. The van der Waals surface area contributed by atoms with Crippen molar-refractivity contribution in [3.05, 3.63) is 12.2 Å². The summed E-state index contributed by atoms with van der Waals surface area (Å²) >= 11 is 0. The van der Waals surface area contributed by atoms with Crippen LogP contribution in [0, 0.1) is 0 Å². The minimum absolute atomic E-state index is 0.283. The zero-order valence-corrected chi connectivity index (χ0v) is 10.2. The van der Waals surface area contributed by atoms with Gasteiger partial charge in [0.15, 0.2) is 5.82 Å². The molecule has 1 aromatic heterocycles. The van der Waals surface area contributed by atoms with Crippen molar-refractivity contribution in [3.63, 3.8) is 0 Å². The van der Waals surface area contributed by atoms with E-state index in [1.807, 2.05) is 0 Å². The van der Waals surface area contributed by atoms with Crippen LogP contribution in [0.5, 0.6) is 0 Å². The van der Waals surface area contributed by atoms with Crippen LogP contribution in [-0.2, 0) is 16.4 Å². The van der Waals surface area contributed by atoms with E-state index in [4.69, 9.17) is 0 Å². The van der Waals surface area contributed by atoms with Gasteiger partial charge in [-0.3, -0.25) is 0 Å². The zero-order chi connectivity index (χ0) is 12.1. The molecule has 96 valence electrons. The molecule has 17 heavy (non-hydrogen) atoms. The number of aromatic nitrogens is 2. The first-order chi connectivity index (χ1) is 8.18. The SMILES string of the molecule is O=S(=O)(NCCc1ncon1)C1CCNCC1. The Balaban J connectivity index is 1.80. The zero-order valence-electron chi connectivity index (χ0n) is 9.42. The Morgan fingerprint density at radius 2 is 2.24 bits per heavy atom. The molecule has 2 heterocycles. The Labute approximate surface area is 100 Å². The van der Waals surface area contributed by atoms with Gasteiger partial charge in [0.05, 0.1) is 5.25 Å². The predicted octanol–water partition coefficient (Wildman–Crippen LogP) is -0.716. The molecule has 8 heteroatoms. The standard InChI is InChI=1S/C9H16N4O3S/c14-17(15,8-1-4-10-5-2-8)12-6-3-9-11-7-16-13-9/h7-8,10,12H,1-6H2. The van der Waals surface area contributed by atoms with Crippen molar-refractivity contribution < 1.29 is 12.9 Å². The maximum atomic E-state index is 11.9. The number of hydrogen-bond donors (Lipinski definition) is 2. The van der Waals surface area contributed by atoms with E-state index in [1.165, 1.54) is 6.39 Å². The third-order valence-corrected chi connectivity index (χ3v) is 4.74. The molecule has 0 spiro atoms. The van der Waals surface area contributed by atoms with E-state index in [0.29, 0.717) is 31.6 Å². The molecule has 0 atom stereocenters. The van der Waals surface area contributed by atoms with Crippen LogP contribution in [0.2, 0.25) is 0 Å². The Hall–Kier alpha value is -0.990. The molecule has 0 aromatic carbocycles. The highest BCUT2D eigenvalue weighted by Gasteiger charge is 2.26. The molecule has 1 aromatic rings. The van der Waals surface area contributed by atoms with Crippen LogP contribution in [0.4, 0.5) is 0 Å². The number of piperidine rings is 1. The lowest BCUT2D eigenvalue weighted by Crippen LogP contribution is -2.42. The second-order valence-electron chi connectivity index (χ2n) is 3.99. The first-order valence-corrected chi connectivity index (χ1v) is 7.17. The summed E-state index contributed by atoms with van der Waals surface area (Å²) in [5.74, 6) is 0.512. The van der Waals surface area contributed by atoms with Crippen molar-refractivity contribution in [1.29, 1.82) is 0 Å². The molecular weight excluding hydrogens is 244 g/mol. The third-order valence-electron chi connectivity index (χ3n) is 2.78. The van der Waals surface area contributed by atoms with Crippen LogP contribution in [0.1, 0.15) is 18.7 Å². The first kappa shape index (κ1) is 12.5. The number of rotatable bonds is 5. The highest BCUT2D eigenvalue weighted by molar-refractivity contribution is 7.90. The quantitative estimate of drug-likeness (QED) is 0.725. The van der Waals surface area contributed by atoms with Crippen LogP contribution >= 0.6 is 0 Å². The van der Waals surface area contributed by atoms with Gasteiger partial charge in [0, 0.05) is 13.0 Å². The normalized spacial score (nSPS) is 18.4. The summed E-state index contributed by atoms with van der Waals surface area (Å²) in [5.41, 5.74) is 0. The van der Waals surface area contributed by atoms with Gasteiger partial charge in [-0.15, -0.1) is 0 Å². The molecule has 0 unspecified atom stereocenters. The average Bonchev–Trinajstić information content (AvgIpc) is 2.83. The Morgan fingerprint density at radius 1 is 1.47 bits per heavy atom. The highest BCUT2D eigenvalue weighted by atomic mass is 32.2. The Bertz CT molecular complexity index is 425. The van der Waals surface area contributed by atoms with Gasteiger partial charge < -0.3 is 9.84 Å². The summed E-state index contributed by atoms with van der Waals surface area (Å²) in [6.07, 6.45) is 3.01. The van der Waals surface area contributed by atoms with Gasteiger partial charge in [-0.05, 0) is 25.9 Å². The lowest BCUT2D eigenvalue weighted by Gasteiger charge is -2.22. The fraction of sp³-hybridized carbons (Fsp3) is 0.778. The maximum Gasteiger partial charge on any atom is 0.214 e. The highest BCUT2D eigenvalue weighted by Crippen LogP contribution is 2.11. The number of nitrogens with one attached hydrogen (secondary N) is 2. The topological polar surface area (TPSA) is 97.1 Å². The van der Waals surface area contributed by atoms with Crippen LogP contribution in [-0.4, -0.2) is 43.4 Å². The lowest BCUT2D eigenvalue weighted by molar-refractivity contribution is 0.409. The summed E-state index contributed by atoms with van der Waals surface area (Å²) in [5, 5.41) is 6.47. The molecule has 0 aliphatic carbocycles. The monoisotopic (exact) mass is 260 g/mol. The largest absolute Gasteiger partial charge is 0.343 e. The van der Waals surface area contributed by atoms with E-state index in [0.717, 1.165) is 13.1 Å². The Kier molecular flexibility index (Phi) is 4.08. The van der Waals surface area contributed by atoms with E-state index in [9.17, 15) is 8.42 Å². The van der Waals surface area contributed by atoms with Crippen molar-refractivity contribution in [2.45, 2.75) is 24.5 Å². The van der Waals surface area contributed by atoms with Crippen molar-refractivity contribution in [2.24, 2.45) is 0 Å². The average molecular weight is 260 g/mol. The molecule has 0 radical (unpaired) electrons. The fourth-order valence-electron chi connectivity index (χ4n) is 1.83. The summed E-state index contributed by atoms with van der Waals surface area (Å²) in [4.78, 5) is 3.83. The second kappa shape index (κ2) is 5.56. The second-order valence-corrected chi connectivity index (χ2v) is 6.03. The van der Waals surface area contributed by atoms with Crippen molar-refractivity contribution in [3.8, 4) is 0 Å². The molecule has 0 bridgehead atoms. The number of sulfonamides is 1. The summed E-state index contributed by atoms with van der Waals surface area (Å²) in [7, 11) is -3.21. The minimum atomic E-state index is -3.21. The van der Waals surface area contributed by atoms with Gasteiger partial charge in [0.1, 0.15) is 0 Å². The van der Waals surface area contributed by atoms with Crippen LogP contribution in [0.25, 0.3) is 0 Å². The van der Waals surface area contributed by atoms with Crippen LogP contribution < -0.4 is 10.0 Å². The van der Waals surface area contributed by atoms with Crippen molar-refractivity contribution >= 4 is 10.0 Å². The van der Waals surface area contributed by atoms with Gasteiger partial charge >= 0.3 is 0 Å². The first-order valence-electron chi connectivity index (χ1n) is 5.63. The molecule has 0 amide bonds. The van der Waals surface area contributed by atoms with Gasteiger partial charge in [0.2, 0.25) is 16.4 Å². The van der Waals surface area contributed by atoms with Gasteiger partial charge in [-0.2, -0.15) is 4.98 Å². The molecule has 1 aliphatic heterocycles. The van der Waals surface area contributed by atoms with Gasteiger partial charge in [0.25, 0.3) is 0 Å². The van der Waals surface area contributed by atoms with Crippen LogP contribution in [0.15, 0.2) is 10.9 Å². The Morgan fingerprint density at radius 3 is 2.88 bits per heavy atom. The maximum absolute atomic E-state index is 11.9. The molecular formula is C9H16N4O3S. The summed E-state index contributed by atoms with van der Waals surface area (Å²) in [6.45, 7) is 1.83. The van der Waals surface area contributed by atoms with E-state index in [-0.39, 0.29) is 5.25 Å². The third kappa shape index (κ3) is 3.48. The molecule has 1 aliphatic rings. The minimum Gasteiger partial charge on any atom is -0.343 e. The van der Waals surface area contributed by atoms with E-state index < -0.39 is 10.0 Å². The van der Waals surface area contributed by atoms with Gasteiger partial charge in [-0.1, -0.05) is 5.16 Å².